The van der Waals surface area contributed by atoms with Gasteiger partial charge in [-0.05, 0) is 30.7 Å². The average molecular weight is 386 g/mol. The second kappa shape index (κ2) is 8.23. The van der Waals surface area contributed by atoms with Crippen LogP contribution in [0.4, 0.5) is 13.2 Å². The summed E-state index contributed by atoms with van der Waals surface area (Å²) in [6, 6.07) is 10.6. The van der Waals surface area contributed by atoms with Crippen molar-refractivity contribution in [3.05, 3.63) is 70.2 Å². The fraction of sp³-hybridized carbons (Fsp3) is 0.222. The maximum absolute atomic E-state index is 12.9. The smallest absolute Gasteiger partial charge is 0.417 e. The van der Waals surface area contributed by atoms with Crippen LogP contribution in [0.3, 0.4) is 0 Å². The Morgan fingerprint density at radius 1 is 1.12 bits per heavy atom. The molecule has 0 radical (unpaired) electrons. The predicted octanol–water partition coefficient (Wildman–Crippen LogP) is 4.39. The van der Waals surface area contributed by atoms with Crippen LogP contribution in [0.2, 0.25) is 5.02 Å². The van der Waals surface area contributed by atoms with E-state index in [-0.39, 0.29) is 0 Å². The monoisotopic (exact) mass is 385 g/mol. The Labute approximate surface area is 152 Å². The number of esters is 1. The second-order valence-electron chi connectivity index (χ2n) is 5.43. The lowest BCUT2D eigenvalue weighted by atomic mass is 10.1. The van der Waals surface area contributed by atoms with Crippen LogP contribution in [0.15, 0.2) is 48.5 Å². The molecule has 4 nitrogen and oxygen atoms in total. The van der Waals surface area contributed by atoms with Crippen molar-refractivity contribution in [1.82, 2.24) is 5.32 Å². The first-order valence-corrected chi connectivity index (χ1v) is 7.95. The van der Waals surface area contributed by atoms with Crippen LogP contribution < -0.4 is 5.32 Å². The van der Waals surface area contributed by atoms with Crippen LogP contribution in [-0.4, -0.2) is 18.5 Å². The molecule has 0 unspecified atom stereocenters. The van der Waals surface area contributed by atoms with Gasteiger partial charge in [-0.1, -0.05) is 41.9 Å². The number of hydrogen-bond donors (Lipinski definition) is 1. The van der Waals surface area contributed by atoms with Crippen LogP contribution in [0.1, 0.15) is 34.5 Å². The lowest BCUT2D eigenvalue weighted by Crippen LogP contribution is -2.31. The summed E-state index contributed by atoms with van der Waals surface area (Å²) in [5.41, 5.74) is -1.10. The molecule has 2 rings (SSSR count). The van der Waals surface area contributed by atoms with Gasteiger partial charge in [0.15, 0.2) is 6.61 Å². The summed E-state index contributed by atoms with van der Waals surface area (Å²) in [6.45, 7) is 0.972. The summed E-state index contributed by atoms with van der Waals surface area (Å²) in [6.07, 6.45) is -4.70. The summed E-state index contributed by atoms with van der Waals surface area (Å²) >= 11 is 6.03. The summed E-state index contributed by atoms with van der Waals surface area (Å²) in [5, 5.41) is 3.02. The van der Waals surface area contributed by atoms with Crippen molar-refractivity contribution in [3.8, 4) is 0 Å². The summed E-state index contributed by atoms with van der Waals surface area (Å²) in [4.78, 5) is 23.8. The molecule has 0 saturated heterocycles. The van der Waals surface area contributed by atoms with Crippen molar-refractivity contribution in [3.63, 3.8) is 0 Å². The molecule has 0 heterocycles. The van der Waals surface area contributed by atoms with Crippen LogP contribution in [0, 0.1) is 0 Å². The Bertz CT molecular complexity index is 808. The van der Waals surface area contributed by atoms with Gasteiger partial charge in [0.25, 0.3) is 5.91 Å². The van der Waals surface area contributed by atoms with Gasteiger partial charge in [0, 0.05) is 5.02 Å². The van der Waals surface area contributed by atoms with E-state index in [9.17, 15) is 22.8 Å². The fourth-order valence-corrected chi connectivity index (χ4v) is 2.60. The Morgan fingerprint density at radius 2 is 1.73 bits per heavy atom. The van der Waals surface area contributed by atoms with E-state index in [2.05, 4.69) is 5.32 Å². The molecular formula is C18H15ClF3NO3. The maximum atomic E-state index is 12.9. The molecule has 2 aromatic rings. The fourth-order valence-electron chi connectivity index (χ4n) is 2.30. The highest BCUT2D eigenvalue weighted by atomic mass is 35.5. The van der Waals surface area contributed by atoms with Crippen molar-refractivity contribution in [2.75, 3.05) is 6.61 Å². The normalized spacial score (nSPS) is 12.3. The van der Waals surface area contributed by atoms with Gasteiger partial charge in [-0.2, -0.15) is 13.2 Å². The number of halogens is 4. The molecule has 1 amide bonds. The van der Waals surface area contributed by atoms with Crippen LogP contribution in [-0.2, 0) is 15.7 Å². The number of nitrogens with one attached hydrogen (secondary N) is 1. The first-order chi connectivity index (χ1) is 12.2. The van der Waals surface area contributed by atoms with Gasteiger partial charge in [0.1, 0.15) is 0 Å². The van der Waals surface area contributed by atoms with Gasteiger partial charge >= 0.3 is 12.1 Å². The number of ether oxygens (including phenoxy) is 1. The van der Waals surface area contributed by atoms with E-state index in [1.165, 1.54) is 6.07 Å². The third kappa shape index (κ3) is 4.98. The Kier molecular flexibility index (Phi) is 6.26. The quantitative estimate of drug-likeness (QED) is 0.776. The number of amides is 1. The molecule has 1 atom stereocenters. The third-order valence-electron chi connectivity index (χ3n) is 3.54. The van der Waals surface area contributed by atoms with Crippen molar-refractivity contribution >= 4 is 23.5 Å². The van der Waals surface area contributed by atoms with Crippen molar-refractivity contribution in [2.45, 2.75) is 19.1 Å². The minimum Gasteiger partial charge on any atom is -0.452 e. The molecule has 0 aliphatic heterocycles. The standard InChI is InChI=1S/C18H15ClF3NO3/c1-11(12-6-3-5-9-15(12)19)23-16(24)10-26-17(25)13-7-2-4-8-14(13)18(20,21)22/h2-9,11H,10H2,1H3,(H,23,24)/t11-/m0/s1. The zero-order chi connectivity index (χ0) is 19.3. The maximum Gasteiger partial charge on any atom is 0.417 e. The van der Waals surface area contributed by atoms with E-state index in [4.69, 9.17) is 16.3 Å². The number of alkyl halides is 3. The van der Waals surface area contributed by atoms with E-state index in [1.54, 1.807) is 31.2 Å². The van der Waals surface area contributed by atoms with Crippen molar-refractivity contribution < 1.29 is 27.5 Å². The summed E-state index contributed by atoms with van der Waals surface area (Å²) in [7, 11) is 0. The lowest BCUT2D eigenvalue weighted by molar-refractivity contribution is -0.138. The van der Waals surface area contributed by atoms with E-state index in [0.29, 0.717) is 10.6 Å². The molecule has 0 spiro atoms. The molecular weight excluding hydrogens is 371 g/mol. The molecule has 0 fully saturated rings. The van der Waals surface area contributed by atoms with Gasteiger partial charge in [0.2, 0.25) is 0 Å². The molecule has 0 aliphatic carbocycles. The lowest BCUT2D eigenvalue weighted by Gasteiger charge is -2.16. The van der Waals surface area contributed by atoms with Crippen LogP contribution >= 0.6 is 11.6 Å². The van der Waals surface area contributed by atoms with Gasteiger partial charge in [-0.15, -0.1) is 0 Å². The number of carbonyl (C=O) groups excluding carboxylic acids is 2. The first kappa shape index (κ1) is 19.8. The molecule has 138 valence electrons. The van der Waals surface area contributed by atoms with Gasteiger partial charge in [0.05, 0.1) is 17.2 Å². The Hall–Kier alpha value is -2.54. The first-order valence-electron chi connectivity index (χ1n) is 7.57. The zero-order valence-electron chi connectivity index (χ0n) is 13.6. The van der Waals surface area contributed by atoms with Crippen molar-refractivity contribution in [2.24, 2.45) is 0 Å². The van der Waals surface area contributed by atoms with Gasteiger partial charge in [-0.3, -0.25) is 4.79 Å². The number of hydrogen-bond acceptors (Lipinski definition) is 3. The summed E-state index contributed by atoms with van der Waals surface area (Å²) < 4.78 is 43.4. The molecule has 1 N–H and O–H groups in total. The SMILES string of the molecule is C[C@H](NC(=O)COC(=O)c1ccccc1C(F)(F)F)c1ccccc1Cl. The van der Waals surface area contributed by atoms with Crippen LogP contribution in [0.25, 0.3) is 0 Å². The number of carbonyl (C=O) groups is 2. The molecule has 0 aliphatic rings. The van der Waals surface area contributed by atoms with E-state index < -0.39 is 41.8 Å². The predicted molar refractivity (Wildman–Crippen MR) is 89.7 cm³/mol. The topological polar surface area (TPSA) is 55.4 Å². The van der Waals surface area contributed by atoms with E-state index in [1.807, 2.05) is 0 Å². The minimum atomic E-state index is -4.70. The molecule has 8 heteroatoms. The third-order valence-corrected chi connectivity index (χ3v) is 3.88. The molecule has 0 aromatic heterocycles. The highest BCUT2D eigenvalue weighted by Crippen LogP contribution is 2.32. The average Bonchev–Trinajstić information content (AvgIpc) is 2.59. The van der Waals surface area contributed by atoms with Gasteiger partial charge in [-0.25, -0.2) is 4.79 Å². The zero-order valence-corrected chi connectivity index (χ0v) is 14.4. The highest BCUT2D eigenvalue weighted by Gasteiger charge is 2.35. The summed E-state index contributed by atoms with van der Waals surface area (Å²) in [5.74, 6) is -1.88. The number of rotatable bonds is 5. The Morgan fingerprint density at radius 3 is 2.38 bits per heavy atom. The highest BCUT2D eigenvalue weighted by molar-refractivity contribution is 6.31. The molecule has 0 bridgehead atoms. The Balaban J connectivity index is 1.98. The molecule has 0 saturated carbocycles. The van der Waals surface area contributed by atoms with Gasteiger partial charge < -0.3 is 10.1 Å². The molecule has 2 aromatic carbocycles. The minimum absolute atomic E-state index is 0.455. The largest absolute Gasteiger partial charge is 0.452 e. The van der Waals surface area contributed by atoms with Crippen LogP contribution in [0.5, 0.6) is 0 Å². The number of benzene rings is 2. The van der Waals surface area contributed by atoms with E-state index >= 15 is 0 Å². The van der Waals surface area contributed by atoms with Crippen molar-refractivity contribution in [1.29, 1.82) is 0 Å². The molecule has 26 heavy (non-hydrogen) atoms. The van der Waals surface area contributed by atoms with E-state index in [0.717, 1.165) is 18.2 Å². The second-order valence-corrected chi connectivity index (χ2v) is 5.84.